The molecular weight excluding hydrogens is 233 g/mol. The number of halogens is 1. The fourth-order valence-corrected chi connectivity index (χ4v) is 1.69. The molecule has 0 unspecified atom stereocenters. The molecule has 18 heavy (non-hydrogen) atoms. The van der Waals surface area contributed by atoms with E-state index in [0.717, 1.165) is 6.07 Å². The Morgan fingerprint density at radius 1 is 1.28 bits per heavy atom. The second-order valence-electron chi connectivity index (χ2n) is 3.95. The number of pyridine rings is 1. The molecule has 0 bridgehead atoms. The van der Waals surface area contributed by atoms with E-state index in [1.54, 1.807) is 13.0 Å². The lowest BCUT2D eigenvalue weighted by molar-refractivity contribution is 0.103. The minimum absolute atomic E-state index is 0.00225. The molecule has 0 aliphatic heterocycles. The van der Waals surface area contributed by atoms with Crippen molar-refractivity contribution in [2.75, 3.05) is 11.5 Å². The second kappa shape index (κ2) is 4.44. The van der Waals surface area contributed by atoms with Crippen LogP contribution in [0.3, 0.4) is 0 Å². The third-order valence-electron chi connectivity index (χ3n) is 2.68. The Bertz CT molecular complexity index is 605. The molecule has 4 N–H and O–H groups in total. The zero-order valence-corrected chi connectivity index (χ0v) is 9.77. The number of anilines is 2. The van der Waals surface area contributed by atoms with Crippen LogP contribution in [0.25, 0.3) is 0 Å². The largest absolute Gasteiger partial charge is 0.396 e. The molecule has 5 heteroatoms. The van der Waals surface area contributed by atoms with Gasteiger partial charge in [-0.15, -0.1) is 0 Å². The summed E-state index contributed by atoms with van der Waals surface area (Å²) in [6.45, 7) is 1.75. The maximum Gasteiger partial charge on any atom is 0.197 e. The Kier molecular flexibility index (Phi) is 2.97. The van der Waals surface area contributed by atoms with Crippen LogP contribution in [-0.2, 0) is 0 Å². The maximum absolute atomic E-state index is 13.3. The first-order chi connectivity index (χ1) is 8.50. The number of hydrogen-bond acceptors (Lipinski definition) is 4. The molecule has 2 rings (SSSR count). The fourth-order valence-electron chi connectivity index (χ4n) is 1.69. The van der Waals surface area contributed by atoms with E-state index in [4.69, 9.17) is 11.5 Å². The van der Waals surface area contributed by atoms with Crippen LogP contribution in [0.15, 0.2) is 30.5 Å². The first-order valence-corrected chi connectivity index (χ1v) is 5.31. The number of carbonyl (C=O) groups is 1. The van der Waals surface area contributed by atoms with Gasteiger partial charge in [-0.2, -0.15) is 0 Å². The van der Waals surface area contributed by atoms with Crippen LogP contribution in [0.2, 0.25) is 0 Å². The minimum atomic E-state index is -0.624. The number of rotatable bonds is 2. The lowest BCUT2D eigenvalue weighted by atomic mass is 10.00. The molecule has 0 spiro atoms. The Morgan fingerprint density at radius 3 is 2.61 bits per heavy atom. The van der Waals surface area contributed by atoms with E-state index in [1.165, 1.54) is 18.3 Å². The van der Waals surface area contributed by atoms with E-state index in [9.17, 15) is 9.18 Å². The summed E-state index contributed by atoms with van der Waals surface area (Å²) < 4.78 is 13.3. The molecule has 0 fully saturated rings. The van der Waals surface area contributed by atoms with Crippen LogP contribution in [0.5, 0.6) is 0 Å². The predicted molar refractivity (Wildman–Crippen MR) is 67.6 cm³/mol. The van der Waals surface area contributed by atoms with Crippen LogP contribution in [0.1, 0.15) is 21.5 Å². The SMILES string of the molecule is Cc1ccnc(N)c1C(=O)c1ccc(N)c(F)c1. The summed E-state index contributed by atoms with van der Waals surface area (Å²) in [5, 5.41) is 0. The van der Waals surface area contributed by atoms with Crippen molar-refractivity contribution in [2.45, 2.75) is 6.92 Å². The molecule has 0 saturated carbocycles. The van der Waals surface area contributed by atoms with E-state index in [1.807, 2.05) is 0 Å². The van der Waals surface area contributed by atoms with Crippen LogP contribution in [0, 0.1) is 12.7 Å². The first kappa shape index (κ1) is 12.0. The van der Waals surface area contributed by atoms with Crippen molar-refractivity contribution in [2.24, 2.45) is 0 Å². The van der Waals surface area contributed by atoms with E-state index < -0.39 is 5.82 Å². The number of benzene rings is 1. The number of aryl methyl sites for hydroxylation is 1. The van der Waals surface area contributed by atoms with Crippen molar-refractivity contribution in [3.8, 4) is 0 Å². The van der Waals surface area contributed by atoms with Gasteiger partial charge in [0.15, 0.2) is 5.78 Å². The molecule has 4 nitrogen and oxygen atoms in total. The van der Waals surface area contributed by atoms with Gasteiger partial charge in [-0.1, -0.05) is 0 Å². The van der Waals surface area contributed by atoms with Crippen LogP contribution >= 0.6 is 0 Å². The molecule has 1 heterocycles. The molecule has 1 aromatic carbocycles. The minimum Gasteiger partial charge on any atom is -0.396 e. The fraction of sp³-hybridized carbons (Fsp3) is 0.0769. The van der Waals surface area contributed by atoms with Crippen molar-refractivity contribution in [3.05, 3.63) is 53.0 Å². The summed E-state index contributed by atoms with van der Waals surface area (Å²) in [6.07, 6.45) is 1.52. The third-order valence-corrected chi connectivity index (χ3v) is 2.68. The van der Waals surface area contributed by atoms with Gasteiger partial charge in [0, 0.05) is 11.8 Å². The predicted octanol–water partition coefficient (Wildman–Crippen LogP) is 1.92. The summed E-state index contributed by atoms with van der Waals surface area (Å²) in [5.74, 6) is -0.852. The summed E-state index contributed by atoms with van der Waals surface area (Å²) in [6, 6.07) is 5.60. The standard InChI is InChI=1S/C13H12FN3O/c1-7-4-5-17-13(16)11(7)12(18)8-2-3-10(15)9(14)6-8/h2-6H,15H2,1H3,(H2,16,17). The number of nitrogens with two attached hydrogens (primary N) is 2. The molecule has 92 valence electrons. The number of hydrogen-bond donors (Lipinski definition) is 2. The van der Waals surface area contributed by atoms with Gasteiger partial charge < -0.3 is 11.5 Å². The number of nitrogens with zero attached hydrogens (tertiary/aromatic N) is 1. The zero-order valence-electron chi connectivity index (χ0n) is 9.77. The summed E-state index contributed by atoms with van der Waals surface area (Å²) in [5.41, 5.74) is 12.2. The molecule has 0 amide bonds. The Balaban J connectivity index is 2.51. The second-order valence-corrected chi connectivity index (χ2v) is 3.95. The lowest BCUT2D eigenvalue weighted by Gasteiger charge is -2.08. The molecule has 0 radical (unpaired) electrons. The van der Waals surface area contributed by atoms with Gasteiger partial charge in [0.2, 0.25) is 0 Å². The highest BCUT2D eigenvalue weighted by atomic mass is 19.1. The molecular formula is C13H12FN3O. The number of ketones is 1. The Labute approximate surface area is 103 Å². The topological polar surface area (TPSA) is 82.0 Å². The molecule has 1 aromatic heterocycles. The summed E-state index contributed by atoms with van der Waals surface area (Å²) in [4.78, 5) is 16.1. The zero-order chi connectivity index (χ0) is 13.3. The number of aromatic nitrogens is 1. The lowest BCUT2D eigenvalue weighted by Crippen LogP contribution is -2.09. The number of nitrogen functional groups attached to an aromatic ring is 2. The Morgan fingerprint density at radius 2 is 2.00 bits per heavy atom. The van der Waals surface area contributed by atoms with Gasteiger partial charge in [-0.05, 0) is 36.8 Å². The average Bonchev–Trinajstić information content (AvgIpc) is 2.32. The highest BCUT2D eigenvalue weighted by Crippen LogP contribution is 2.20. The molecule has 0 aliphatic rings. The van der Waals surface area contributed by atoms with Crippen LogP contribution in [0.4, 0.5) is 15.9 Å². The van der Waals surface area contributed by atoms with Gasteiger partial charge in [0.05, 0.1) is 11.3 Å². The van der Waals surface area contributed by atoms with Crippen molar-refractivity contribution in [1.29, 1.82) is 0 Å². The van der Waals surface area contributed by atoms with Gasteiger partial charge in [0.1, 0.15) is 11.6 Å². The van der Waals surface area contributed by atoms with Crippen molar-refractivity contribution >= 4 is 17.3 Å². The summed E-state index contributed by atoms with van der Waals surface area (Å²) in [7, 11) is 0. The van der Waals surface area contributed by atoms with Gasteiger partial charge in [0.25, 0.3) is 0 Å². The summed E-state index contributed by atoms with van der Waals surface area (Å²) >= 11 is 0. The van der Waals surface area contributed by atoms with Gasteiger partial charge in [-0.3, -0.25) is 4.79 Å². The molecule has 0 atom stereocenters. The van der Waals surface area contributed by atoms with Crippen molar-refractivity contribution in [3.63, 3.8) is 0 Å². The Hall–Kier alpha value is -2.43. The van der Waals surface area contributed by atoms with Gasteiger partial charge >= 0.3 is 0 Å². The van der Waals surface area contributed by atoms with Crippen molar-refractivity contribution < 1.29 is 9.18 Å². The van der Waals surface area contributed by atoms with Crippen LogP contribution < -0.4 is 11.5 Å². The number of carbonyl (C=O) groups excluding carboxylic acids is 1. The highest BCUT2D eigenvalue weighted by molar-refractivity contribution is 6.12. The third kappa shape index (κ3) is 2.02. The monoisotopic (exact) mass is 245 g/mol. The van der Waals surface area contributed by atoms with E-state index in [-0.39, 0.29) is 22.9 Å². The van der Waals surface area contributed by atoms with Crippen LogP contribution in [-0.4, -0.2) is 10.8 Å². The quantitative estimate of drug-likeness (QED) is 0.625. The van der Waals surface area contributed by atoms with E-state index in [0.29, 0.717) is 11.1 Å². The average molecular weight is 245 g/mol. The normalized spacial score (nSPS) is 10.3. The smallest absolute Gasteiger partial charge is 0.197 e. The molecule has 0 saturated heterocycles. The van der Waals surface area contributed by atoms with Crippen molar-refractivity contribution in [1.82, 2.24) is 4.98 Å². The van der Waals surface area contributed by atoms with E-state index in [2.05, 4.69) is 4.98 Å². The molecule has 2 aromatic rings. The maximum atomic E-state index is 13.3. The van der Waals surface area contributed by atoms with Gasteiger partial charge in [-0.25, -0.2) is 9.37 Å². The first-order valence-electron chi connectivity index (χ1n) is 5.31. The highest BCUT2D eigenvalue weighted by Gasteiger charge is 2.16. The van der Waals surface area contributed by atoms with E-state index >= 15 is 0 Å². The molecule has 0 aliphatic carbocycles.